The van der Waals surface area contributed by atoms with Gasteiger partial charge < -0.3 is 9.84 Å². The van der Waals surface area contributed by atoms with Crippen LogP contribution >= 0.6 is 0 Å². The Morgan fingerprint density at radius 1 is 1.36 bits per heavy atom. The standard InChI is InChI=1S/C12H16O2/c1-2-12(13)8-9-14-10-11-6-4-3-5-7-11/h2-7,12-13H,1,8-10H2. The van der Waals surface area contributed by atoms with E-state index < -0.39 is 6.10 Å². The van der Waals surface area contributed by atoms with Crippen LogP contribution in [0.4, 0.5) is 0 Å². The van der Waals surface area contributed by atoms with E-state index in [-0.39, 0.29) is 0 Å². The molecule has 0 amide bonds. The Morgan fingerprint density at radius 3 is 2.71 bits per heavy atom. The molecule has 1 aromatic carbocycles. The fourth-order valence-corrected chi connectivity index (χ4v) is 1.09. The van der Waals surface area contributed by atoms with Crippen LogP contribution in [0, 0.1) is 0 Å². The number of benzene rings is 1. The van der Waals surface area contributed by atoms with Crippen molar-refractivity contribution in [3.63, 3.8) is 0 Å². The van der Waals surface area contributed by atoms with Gasteiger partial charge >= 0.3 is 0 Å². The van der Waals surface area contributed by atoms with Crippen molar-refractivity contribution in [2.45, 2.75) is 19.1 Å². The number of aliphatic hydroxyl groups excluding tert-OH is 1. The van der Waals surface area contributed by atoms with Gasteiger partial charge in [-0.1, -0.05) is 36.4 Å². The van der Waals surface area contributed by atoms with Crippen molar-refractivity contribution in [2.24, 2.45) is 0 Å². The van der Waals surface area contributed by atoms with E-state index in [2.05, 4.69) is 6.58 Å². The predicted molar refractivity (Wildman–Crippen MR) is 56.9 cm³/mol. The van der Waals surface area contributed by atoms with E-state index in [9.17, 15) is 0 Å². The zero-order chi connectivity index (χ0) is 10.2. The monoisotopic (exact) mass is 192 g/mol. The fraction of sp³-hybridized carbons (Fsp3) is 0.333. The predicted octanol–water partition coefficient (Wildman–Crippen LogP) is 2.14. The second-order valence-electron chi connectivity index (χ2n) is 3.13. The molecule has 0 bridgehead atoms. The molecule has 0 aromatic heterocycles. The Morgan fingerprint density at radius 2 is 2.07 bits per heavy atom. The summed E-state index contributed by atoms with van der Waals surface area (Å²) in [5.41, 5.74) is 1.15. The fourth-order valence-electron chi connectivity index (χ4n) is 1.09. The molecule has 1 aromatic rings. The summed E-state index contributed by atoms with van der Waals surface area (Å²) in [6, 6.07) is 9.98. The molecule has 14 heavy (non-hydrogen) atoms. The van der Waals surface area contributed by atoms with Gasteiger partial charge in [0.2, 0.25) is 0 Å². The molecule has 1 rings (SSSR count). The molecular formula is C12H16O2. The SMILES string of the molecule is C=CC(O)CCOCc1ccccc1. The highest BCUT2D eigenvalue weighted by atomic mass is 16.5. The summed E-state index contributed by atoms with van der Waals surface area (Å²) in [5.74, 6) is 0. The van der Waals surface area contributed by atoms with Crippen LogP contribution in [0.1, 0.15) is 12.0 Å². The third-order valence-electron chi connectivity index (χ3n) is 1.94. The van der Waals surface area contributed by atoms with E-state index >= 15 is 0 Å². The lowest BCUT2D eigenvalue weighted by molar-refractivity contribution is 0.0884. The molecule has 0 aliphatic rings. The van der Waals surface area contributed by atoms with Gasteiger partial charge in [0.25, 0.3) is 0 Å². The van der Waals surface area contributed by atoms with Crippen molar-refractivity contribution < 1.29 is 9.84 Å². The zero-order valence-corrected chi connectivity index (χ0v) is 8.23. The summed E-state index contributed by atoms with van der Waals surface area (Å²) in [4.78, 5) is 0. The maximum Gasteiger partial charge on any atom is 0.0740 e. The van der Waals surface area contributed by atoms with Gasteiger partial charge in [0, 0.05) is 13.0 Å². The molecule has 0 saturated carbocycles. The number of hydrogen-bond acceptors (Lipinski definition) is 2. The average molecular weight is 192 g/mol. The Labute approximate surface area is 84.8 Å². The molecule has 1 atom stereocenters. The van der Waals surface area contributed by atoms with Gasteiger partial charge in [-0.3, -0.25) is 0 Å². The van der Waals surface area contributed by atoms with Crippen molar-refractivity contribution >= 4 is 0 Å². The first kappa shape index (κ1) is 11.0. The normalized spacial score (nSPS) is 12.4. The average Bonchev–Trinajstić information content (AvgIpc) is 2.25. The van der Waals surface area contributed by atoms with Crippen LogP contribution < -0.4 is 0 Å². The van der Waals surface area contributed by atoms with Crippen molar-refractivity contribution in [2.75, 3.05) is 6.61 Å². The van der Waals surface area contributed by atoms with Crippen LogP contribution in [0.25, 0.3) is 0 Å². The van der Waals surface area contributed by atoms with Crippen molar-refractivity contribution in [3.8, 4) is 0 Å². The summed E-state index contributed by atoms with van der Waals surface area (Å²) >= 11 is 0. The van der Waals surface area contributed by atoms with E-state index in [1.807, 2.05) is 30.3 Å². The number of hydrogen-bond donors (Lipinski definition) is 1. The lowest BCUT2D eigenvalue weighted by Gasteiger charge is -2.06. The van der Waals surface area contributed by atoms with E-state index in [4.69, 9.17) is 9.84 Å². The van der Waals surface area contributed by atoms with Crippen molar-refractivity contribution in [1.82, 2.24) is 0 Å². The minimum absolute atomic E-state index is 0.453. The number of aliphatic hydroxyl groups is 1. The first-order chi connectivity index (χ1) is 6.83. The molecule has 76 valence electrons. The molecule has 0 saturated heterocycles. The molecule has 2 heteroatoms. The Balaban J connectivity index is 2.13. The van der Waals surface area contributed by atoms with Crippen LogP contribution in [0.3, 0.4) is 0 Å². The second kappa shape index (κ2) is 6.35. The summed E-state index contributed by atoms with van der Waals surface area (Å²) < 4.78 is 5.38. The van der Waals surface area contributed by atoms with E-state index in [0.717, 1.165) is 5.56 Å². The number of rotatable bonds is 6. The molecule has 0 heterocycles. The van der Waals surface area contributed by atoms with Crippen LogP contribution in [-0.4, -0.2) is 17.8 Å². The zero-order valence-electron chi connectivity index (χ0n) is 8.23. The highest BCUT2D eigenvalue weighted by Gasteiger charge is 1.97. The van der Waals surface area contributed by atoms with Gasteiger partial charge in [-0.05, 0) is 5.56 Å². The van der Waals surface area contributed by atoms with Gasteiger partial charge in [0.15, 0.2) is 0 Å². The molecule has 2 nitrogen and oxygen atoms in total. The largest absolute Gasteiger partial charge is 0.389 e. The summed E-state index contributed by atoms with van der Waals surface area (Å²) in [7, 11) is 0. The Kier molecular flexibility index (Phi) is 4.97. The lowest BCUT2D eigenvalue weighted by atomic mass is 10.2. The van der Waals surface area contributed by atoms with Crippen LogP contribution in [0.5, 0.6) is 0 Å². The lowest BCUT2D eigenvalue weighted by Crippen LogP contribution is -2.06. The topological polar surface area (TPSA) is 29.5 Å². The maximum atomic E-state index is 9.16. The van der Waals surface area contributed by atoms with Gasteiger partial charge in [-0.2, -0.15) is 0 Å². The molecule has 0 spiro atoms. The molecule has 0 aliphatic carbocycles. The minimum Gasteiger partial charge on any atom is -0.389 e. The van der Waals surface area contributed by atoms with Gasteiger partial charge in [0.1, 0.15) is 0 Å². The Hall–Kier alpha value is -1.12. The van der Waals surface area contributed by atoms with E-state index in [1.165, 1.54) is 6.08 Å². The molecule has 0 aliphatic heterocycles. The molecule has 1 unspecified atom stereocenters. The van der Waals surface area contributed by atoms with Crippen LogP contribution in [-0.2, 0) is 11.3 Å². The highest BCUT2D eigenvalue weighted by molar-refractivity contribution is 5.13. The minimum atomic E-state index is -0.453. The van der Waals surface area contributed by atoms with E-state index in [0.29, 0.717) is 19.6 Å². The highest BCUT2D eigenvalue weighted by Crippen LogP contribution is 2.01. The summed E-state index contributed by atoms with van der Waals surface area (Å²) in [6.45, 7) is 4.65. The van der Waals surface area contributed by atoms with Gasteiger partial charge in [-0.25, -0.2) is 0 Å². The summed E-state index contributed by atoms with van der Waals surface area (Å²) in [6.07, 6.45) is 1.67. The van der Waals surface area contributed by atoms with Crippen molar-refractivity contribution in [1.29, 1.82) is 0 Å². The number of ether oxygens (including phenoxy) is 1. The smallest absolute Gasteiger partial charge is 0.0740 e. The van der Waals surface area contributed by atoms with Crippen LogP contribution in [0.15, 0.2) is 43.0 Å². The first-order valence-electron chi connectivity index (χ1n) is 4.75. The Bertz CT molecular complexity index is 256. The molecule has 0 radical (unpaired) electrons. The second-order valence-corrected chi connectivity index (χ2v) is 3.13. The van der Waals surface area contributed by atoms with E-state index in [1.54, 1.807) is 0 Å². The maximum absolute atomic E-state index is 9.16. The summed E-state index contributed by atoms with van der Waals surface area (Å²) in [5, 5.41) is 9.16. The van der Waals surface area contributed by atoms with Gasteiger partial charge in [0.05, 0.1) is 12.7 Å². The van der Waals surface area contributed by atoms with Gasteiger partial charge in [-0.15, -0.1) is 6.58 Å². The first-order valence-corrected chi connectivity index (χ1v) is 4.75. The van der Waals surface area contributed by atoms with Crippen LogP contribution in [0.2, 0.25) is 0 Å². The molecule has 0 fully saturated rings. The van der Waals surface area contributed by atoms with Crippen molar-refractivity contribution in [3.05, 3.63) is 48.6 Å². The quantitative estimate of drug-likeness (QED) is 0.552. The third-order valence-corrected chi connectivity index (χ3v) is 1.94. The molecular weight excluding hydrogens is 176 g/mol. The third kappa shape index (κ3) is 4.21. The molecule has 1 N–H and O–H groups in total.